The zero-order valence-corrected chi connectivity index (χ0v) is 9.00. The number of hydrogen-bond donors (Lipinski definition) is 1. The molecule has 0 saturated carbocycles. The molecule has 3 rings (SSSR count). The number of aromatic nitrogens is 2. The van der Waals surface area contributed by atoms with E-state index in [0.29, 0.717) is 17.3 Å². The van der Waals surface area contributed by atoms with Crippen LogP contribution in [0, 0.1) is 0 Å². The van der Waals surface area contributed by atoms with Crippen LogP contribution in [0.4, 0.5) is 0 Å². The van der Waals surface area contributed by atoms with Gasteiger partial charge in [0.15, 0.2) is 11.6 Å². The van der Waals surface area contributed by atoms with E-state index in [-0.39, 0.29) is 6.61 Å². The van der Waals surface area contributed by atoms with E-state index in [2.05, 4.69) is 9.97 Å². The predicted octanol–water partition coefficient (Wildman–Crippen LogP) is 2.38. The number of benzene rings is 1. The zero-order valence-electron chi connectivity index (χ0n) is 9.00. The molecule has 4 heteroatoms. The zero-order chi connectivity index (χ0) is 11.7. The molecule has 0 unspecified atom stereocenters. The molecule has 0 aliphatic rings. The van der Waals surface area contributed by atoms with Crippen molar-refractivity contribution in [3.63, 3.8) is 0 Å². The van der Waals surface area contributed by atoms with E-state index >= 15 is 0 Å². The normalized spacial score (nSPS) is 10.9. The summed E-state index contributed by atoms with van der Waals surface area (Å²) in [6.45, 7) is -0.101. The van der Waals surface area contributed by atoms with Crippen LogP contribution in [-0.4, -0.2) is 15.1 Å². The van der Waals surface area contributed by atoms with E-state index in [4.69, 9.17) is 9.52 Å². The standard InChI is InChI=1S/C13H10N2O2/c16-8-10-5-6-14-13(15-10)12-7-9-3-1-2-4-11(9)17-12/h1-7,16H,8H2. The van der Waals surface area contributed by atoms with Crippen LogP contribution in [0.1, 0.15) is 5.69 Å². The summed E-state index contributed by atoms with van der Waals surface area (Å²) in [4.78, 5) is 8.34. The molecule has 84 valence electrons. The van der Waals surface area contributed by atoms with Gasteiger partial charge in [-0.25, -0.2) is 9.97 Å². The molecule has 0 saturated heterocycles. The molecule has 1 N–H and O–H groups in total. The Bertz CT molecular complexity index is 628. The first kappa shape index (κ1) is 9.99. The number of rotatable bonds is 2. The van der Waals surface area contributed by atoms with Crippen LogP contribution in [0.25, 0.3) is 22.6 Å². The van der Waals surface area contributed by atoms with E-state index in [1.807, 2.05) is 30.3 Å². The fourth-order valence-electron chi connectivity index (χ4n) is 1.69. The molecule has 4 nitrogen and oxygen atoms in total. The highest BCUT2D eigenvalue weighted by Gasteiger charge is 2.08. The molecule has 2 heterocycles. The van der Waals surface area contributed by atoms with E-state index < -0.39 is 0 Å². The maximum atomic E-state index is 9.03. The summed E-state index contributed by atoms with van der Waals surface area (Å²) in [5.74, 6) is 1.11. The molecule has 0 spiro atoms. The van der Waals surface area contributed by atoms with Gasteiger partial charge in [-0.15, -0.1) is 0 Å². The lowest BCUT2D eigenvalue weighted by Crippen LogP contribution is -1.93. The average Bonchev–Trinajstić information content (AvgIpc) is 2.82. The molecule has 0 radical (unpaired) electrons. The number of hydrogen-bond acceptors (Lipinski definition) is 4. The maximum Gasteiger partial charge on any atom is 0.195 e. The molecular weight excluding hydrogens is 216 g/mol. The molecule has 0 aliphatic carbocycles. The van der Waals surface area contributed by atoms with Gasteiger partial charge in [0.25, 0.3) is 0 Å². The fourth-order valence-corrected chi connectivity index (χ4v) is 1.69. The van der Waals surface area contributed by atoms with Crippen molar-refractivity contribution in [3.8, 4) is 11.6 Å². The fraction of sp³-hybridized carbons (Fsp3) is 0.0769. The number of fused-ring (bicyclic) bond motifs is 1. The van der Waals surface area contributed by atoms with Crippen molar-refractivity contribution in [1.82, 2.24) is 9.97 Å². The van der Waals surface area contributed by atoms with Crippen LogP contribution >= 0.6 is 0 Å². The summed E-state index contributed by atoms with van der Waals surface area (Å²) in [5, 5.41) is 10.0. The van der Waals surface area contributed by atoms with E-state index in [1.165, 1.54) is 0 Å². The number of aliphatic hydroxyl groups excluding tert-OH is 1. The topological polar surface area (TPSA) is 59.2 Å². The van der Waals surface area contributed by atoms with Crippen LogP contribution in [0.5, 0.6) is 0 Å². The SMILES string of the molecule is OCc1ccnc(-c2cc3ccccc3o2)n1. The Hall–Kier alpha value is -2.20. The number of aliphatic hydroxyl groups is 1. The number of para-hydroxylation sites is 1. The Morgan fingerprint density at radius 3 is 2.88 bits per heavy atom. The molecule has 0 aliphatic heterocycles. The van der Waals surface area contributed by atoms with Gasteiger partial charge in [0.1, 0.15) is 5.58 Å². The second kappa shape index (κ2) is 3.99. The lowest BCUT2D eigenvalue weighted by Gasteiger charge is -1.97. The van der Waals surface area contributed by atoms with Crippen LogP contribution < -0.4 is 0 Å². The van der Waals surface area contributed by atoms with Crippen LogP contribution in [0.3, 0.4) is 0 Å². The third kappa shape index (κ3) is 1.79. The van der Waals surface area contributed by atoms with Gasteiger partial charge >= 0.3 is 0 Å². The lowest BCUT2D eigenvalue weighted by atomic mass is 10.2. The van der Waals surface area contributed by atoms with Gasteiger partial charge in [-0.1, -0.05) is 18.2 Å². The molecule has 0 atom stereocenters. The molecule has 1 aromatic carbocycles. The van der Waals surface area contributed by atoms with Gasteiger partial charge in [-0.05, 0) is 18.2 Å². The Morgan fingerprint density at radius 2 is 2.06 bits per heavy atom. The van der Waals surface area contributed by atoms with Crippen molar-refractivity contribution in [3.05, 3.63) is 48.3 Å². The maximum absolute atomic E-state index is 9.03. The first-order valence-electron chi connectivity index (χ1n) is 5.28. The summed E-state index contributed by atoms with van der Waals surface area (Å²) < 4.78 is 5.65. The number of nitrogens with zero attached hydrogens (tertiary/aromatic N) is 2. The second-order valence-corrected chi connectivity index (χ2v) is 3.68. The Labute approximate surface area is 97.6 Å². The third-order valence-corrected chi connectivity index (χ3v) is 2.52. The Kier molecular flexibility index (Phi) is 2.34. The highest BCUT2D eigenvalue weighted by atomic mass is 16.3. The summed E-state index contributed by atoms with van der Waals surface area (Å²) in [5.41, 5.74) is 1.39. The van der Waals surface area contributed by atoms with Crippen molar-refractivity contribution < 1.29 is 9.52 Å². The third-order valence-electron chi connectivity index (χ3n) is 2.52. The van der Waals surface area contributed by atoms with Crippen LogP contribution in [-0.2, 0) is 6.61 Å². The molecule has 0 fully saturated rings. The summed E-state index contributed by atoms with van der Waals surface area (Å²) in [6.07, 6.45) is 1.61. The molecule has 3 aromatic rings. The number of furan rings is 1. The molecular formula is C13H10N2O2. The van der Waals surface area contributed by atoms with Crippen LogP contribution in [0.15, 0.2) is 47.0 Å². The van der Waals surface area contributed by atoms with Crippen molar-refractivity contribution in [1.29, 1.82) is 0 Å². The van der Waals surface area contributed by atoms with E-state index in [9.17, 15) is 0 Å². The lowest BCUT2D eigenvalue weighted by molar-refractivity contribution is 0.276. The summed E-state index contributed by atoms with van der Waals surface area (Å²) in [6, 6.07) is 11.3. The van der Waals surface area contributed by atoms with Crippen molar-refractivity contribution >= 4 is 11.0 Å². The minimum Gasteiger partial charge on any atom is -0.453 e. The van der Waals surface area contributed by atoms with E-state index in [1.54, 1.807) is 12.3 Å². The largest absolute Gasteiger partial charge is 0.453 e. The molecule has 0 bridgehead atoms. The summed E-state index contributed by atoms with van der Waals surface area (Å²) >= 11 is 0. The predicted molar refractivity (Wildman–Crippen MR) is 63.2 cm³/mol. The highest BCUT2D eigenvalue weighted by Crippen LogP contribution is 2.25. The first-order valence-corrected chi connectivity index (χ1v) is 5.28. The van der Waals surface area contributed by atoms with Gasteiger partial charge in [-0.3, -0.25) is 0 Å². The van der Waals surface area contributed by atoms with E-state index in [0.717, 1.165) is 11.0 Å². The summed E-state index contributed by atoms with van der Waals surface area (Å²) in [7, 11) is 0. The molecule has 0 amide bonds. The Morgan fingerprint density at radius 1 is 1.18 bits per heavy atom. The van der Waals surface area contributed by atoms with Gasteiger partial charge in [-0.2, -0.15) is 0 Å². The minimum atomic E-state index is -0.101. The van der Waals surface area contributed by atoms with Gasteiger partial charge in [0, 0.05) is 11.6 Å². The van der Waals surface area contributed by atoms with Crippen molar-refractivity contribution in [2.75, 3.05) is 0 Å². The average molecular weight is 226 g/mol. The quantitative estimate of drug-likeness (QED) is 0.728. The second-order valence-electron chi connectivity index (χ2n) is 3.68. The Balaban J connectivity index is 2.13. The van der Waals surface area contributed by atoms with Crippen LogP contribution in [0.2, 0.25) is 0 Å². The van der Waals surface area contributed by atoms with Gasteiger partial charge in [0.05, 0.1) is 12.3 Å². The van der Waals surface area contributed by atoms with Gasteiger partial charge in [0.2, 0.25) is 0 Å². The highest BCUT2D eigenvalue weighted by molar-refractivity contribution is 5.81. The molecule has 2 aromatic heterocycles. The monoisotopic (exact) mass is 226 g/mol. The van der Waals surface area contributed by atoms with Crippen molar-refractivity contribution in [2.45, 2.75) is 6.61 Å². The van der Waals surface area contributed by atoms with Gasteiger partial charge < -0.3 is 9.52 Å². The first-order chi connectivity index (χ1) is 8.36. The van der Waals surface area contributed by atoms with Crippen molar-refractivity contribution in [2.24, 2.45) is 0 Å². The minimum absolute atomic E-state index is 0.101. The molecule has 17 heavy (non-hydrogen) atoms. The smallest absolute Gasteiger partial charge is 0.195 e.